The van der Waals surface area contributed by atoms with Gasteiger partial charge in [0.05, 0.1) is 18.0 Å². The monoisotopic (exact) mass is 497 g/mol. The van der Waals surface area contributed by atoms with Crippen LogP contribution in [-0.2, 0) is 4.74 Å². The minimum Gasteiger partial charge on any atom is -0.493 e. The number of rotatable bonds is 4. The Morgan fingerprint density at radius 2 is 1.94 bits per heavy atom. The Hall–Kier alpha value is -3.54. The van der Waals surface area contributed by atoms with Gasteiger partial charge in [-0.05, 0) is 19.1 Å². The second kappa shape index (κ2) is 8.29. The van der Waals surface area contributed by atoms with Gasteiger partial charge in [-0.15, -0.1) is 0 Å². The first-order valence-corrected chi connectivity index (χ1v) is 10.4. The number of fused-ring (bicyclic) bond motifs is 1. The molecule has 3 heterocycles. The highest BCUT2D eigenvalue weighted by atomic mass is 19.4. The van der Waals surface area contributed by atoms with Crippen molar-refractivity contribution >= 4 is 16.8 Å². The first-order chi connectivity index (χ1) is 16.3. The molecule has 0 bridgehead atoms. The third-order valence-electron chi connectivity index (χ3n) is 6.61. The lowest BCUT2D eigenvalue weighted by molar-refractivity contribution is -0.275. The molecule has 1 aliphatic rings. The molecule has 0 aliphatic carbocycles. The highest BCUT2D eigenvalue weighted by Gasteiger charge is 2.65. The molecule has 186 valence electrons. The van der Waals surface area contributed by atoms with Crippen molar-refractivity contribution in [3.63, 3.8) is 0 Å². The molecule has 1 saturated heterocycles. The quantitative estimate of drug-likeness (QED) is 0.528. The number of aromatic amines is 1. The predicted molar refractivity (Wildman–Crippen MR) is 114 cm³/mol. The van der Waals surface area contributed by atoms with Gasteiger partial charge in [0.25, 0.3) is 5.91 Å². The highest BCUT2D eigenvalue weighted by Crippen LogP contribution is 2.59. The van der Waals surface area contributed by atoms with E-state index in [1.165, 1.54) is 19.2 Å². The Bertz CT molecular complexity index is 1390. The van der Waals surface area contributed by atoms with Crippen molar-refractivity contribution in [2.75, 3.05) is 7.11 Å². The predicted octanol–water partition coefficient (Wildman–Crippen LogP) is 4.12. The van der Waals surface area contributed by atoms with Crippen LogP contribution in [0.25, 0.3) is 10.9 Å². The standard InChI is InChI=1S/C23H20F5N3O4/c1-9-15(10-4-5-11(24)17(25)19(10)34-3)20(35-22(9,2)23(26,27)28)13-8-14(32)16-12(31-13)6-7-30-18(16)21(29)33/h4-9,15,20H,1-3H3,(H2,29,33)(H,31,32)/t9-,15-,20-,22+/m0/s1. The summed E-state index contributed by atoms with van der Waals surface area (Å²) >= 11 is 0. The maximum atomic E-state index is 14.5. The molecule has 0 unspecified atom stereocenters. The lowest BCUT2D eigenvalue weighted by Gasteiger charge is -2.32. The van der Waals surface area contributed by atoms with Crippen LogP contribution in [0.15, 0.2) is 35.3 Å². The fourth-order valence-electron chi connectivity index (χ4n) is 4.64. The Labute approximate surface area is 195 Å². The molecule has 3 N–H and O–H groups in total. The number of alkyl halides is 3. The van der Waals surface area contributed by atoms with Gasteiger partial charge in [-0.1, -0.05) is 13.0 Å². The summed E-state index contributed by atoms with van der Waals surface area (Å²) in [5, 5.41) is -0.143. The molecule has 7 nitrogen and oxygen atoms in total. The Morgan fingerprint density at radius 1 is 1.26 bits per heavy atom. The number of halogens is 5. The SMILES string of the molecule is COc1c([C@H]2[C@H](c3cc(=O)c4c(C(N)=O)nccc4[nH]3)O[C@@](C)(C(F)(F)F)[C@H]2C)ccc(F)c1F. The van der Waals surface area contributed by atoms with Crippen LogP contribution in [0.5, 0.6) is 5.75 Å². The van der Waals surface area contributed by atoms with Gasteiger partial charge in [0, 0.05) is 35.4 Å². The number of hydrogen-bond donors (Lipinski definition) is 2. The van der Waals surface area contributed by atoms with Gasteiger partial charge in [-0.2, -0.15) is 17.6 Å². The van der Waals surface area contributed by atoms with E-state index in [1.807, 2.05) is 0 Å². The Kier molecular flexibility index (Phi) is 5.82. The number of nitrogens with two attached hydrogens (primary N) is 1. The molecule has 1 aliphatic heterocycles. The molecule has 0 saturated carbocycles. The van der Waals surface area contributed by atoms with E-state index in [-0.39, 0.29) is 27.9 Å². The van der Waals surface area contributed by atoms with E-state index in [0.717, 1.165) is 32.2 Å². The van der Waals surface area contributed by atoms with Gasteiger partial charge < -0.3 is 20.2 Å². The first-order valence-electron chi connectivity index (χ1n) is 10.4. The molecule has 1 amide bonds. The lowest BCUT2D eigenvalue weighted by Crippen LogP contribution is -2.46. The van der Waals surface area contributed by atoms with E-state index >= 15 is 0 Å². The number of methoxy groups -OCH3 is 1. The fourth-order valence-corrected chi connectivity index (χ4v) is 4.64. The van der Waals surface area contributed by atoms with Gasteiger partial charge in [-0.3, -0.25) is 14.6 Å². The molecule has 1 aromatic carbocycles. The van der Waals surface area contributed by atoms with Crippen molar-refractivity contribution in [3.05, 3.63) is 69.3 Å². The number of carbonyl (C=O) groups excluding carboxylic acids is 1. The van der Waals surface area contributed by atoms with Crippen LogP contribution in [-0.4, -0.2) is 34.8 Å². The molecular formula is C23H20F5N3O4. The van der Waals surface area contributed by atoms with Gasteiger partial charge in [0.2, 0.25) is 5.82 Å². The number of benzene rings is 1. The molecule has 35 heavy (non-hydrogen) atoms. The summed E-state index contributed by atoms with van der Waals surface area (Å²) < 4.78 is 81.4. The van der Waals surface area contributed by atoms with Gasteiger partial charge in [0.15, 0.2) is 22.6 Å². The molecule has 1 fully saturated rings. The maximum Gasteiger partial charge on any atom is 0.417 e. The lowest BCUT2D eigenvalue weighted by atomic mass is 9.76. The Balaban J connectivity index is 1.98. The van der Waals surface area contributed by atoms with Crippen LogP contribution in [0.3, 0.4) is 0 Å². The number of ether oxygens (including phenoxy) is 2. The number of aromatic nitrogens is 2. The molecule has 3 aromatic rings. The summed E-state index contributed by atoms with van der Waals surface area (Å²) in [7, 11) is 1.07. The van der Waals surface area contributed by atoms with Crippen molar-refractivity contribution in [2.24, 2.45) is 11.7 Å². The van der Waals surface area contributed by atoms with Crippen LogP contribution < -0.4 is 15.9 Å². The van der Waals surface area contributed by atoms with E-state index in [1.54, 1.807) is 0 Å². The minimum absolute atomic E-state index is 0.0645. The number of hydrogen-bond acceptors (Lipinski definition) is 5. The van der Waals surface area contributed by atoms with Crippen molar-refractivity contribution < 1.29 is 36.2 Å². The molecule has 12 heteroatoms. The normalized spacial score (nSPS) is 24.6. The van der Waals surface area contributed by atoms with E-state index in [2.05, 4.69) is 9.97 Å². The number of amides is 1. The highest BCUT2D eigenvalue weighted by molar-refractivity contribution is 6.03. The molecule has 0 radical (unpaired) electrons. The average molecular weight is 497 g/mol. The fraction of sp³-hybridized carbons (Fsp3) is 0.348. The zero-order valence-corrected chi connectivity index (χ0v) is 18.7. The van der Waals surface area contributed by atoms with E-state index in [4.69, 9.17) is 15.2 Å². The molecular weight excluding hydrogens is 477 g/mol. The smallest absolute Gasteiger partial charge is 0.417 e. The van der Waals surface area contributed by atoms with Crippen molar-refractivity contribution in [1.82, 2.24) is 9.97 Å². The van der Waals surface area contributed by atoms with Crippen molar-refractivity contribution in [3.8, 4) is 5.75 Å². The summed E-state index contributed by atoms with van der Waals surface area (Å²) in [6.07, 6.45) is -5.08. The maximum absolute atomic E-state index is 14.5. The molecule has 4 rings (SSSR count). The third kappa shape index (κ3) is 3.72. The summed E-state index contributed by atoms with van der Waals surface area (Å²) in [5.74, 6) is -6.65. The van der Waals surface area contributed by atoms with Crippen LogP contribution >= 0.6 is 0 Å². The van der Waals surface area contributed by atoms with E-state index in [9.17, 15) is 31.5 Å². The number of pyridine rings is 2. The summed E-state index contributed by atoms with van der Waals surface area (Å²) in [5.41, 5.74) is 1.49. The van der Waals surface area contributed by atoms with Crippen LogP contribution in [0, 0.1) is 17.6 Å². The van der Waals surface area contributed by atoms with E-state index in [0.29, 0.717) is 0 Å². The Morgan fingerprint density at radius 3 is 2.54 bits per heavy atom. The molecule has 4 atom stereocenters. The minimum atomic E-state index is -4.84. The zero-order valence-electron chi connectivity index (χ0n) is 18.7. The summed E-state index contributed by atoms with van der Waals surface area (Å²) in [6, 6.07) is 4.25. The van der Waals surface area contributed by atoms with E-state index < -0.39 is 58.4 Å². The number of nitrogens with one attached hydrogen (secondary N) is 1. The van der Waals surface area contributed by atoms with Gasteiger partial charge in [-0.25, -0.2) is 4.39 Å². The molecule has 2 aromatic heterocycles. The second-order valence-corrected chi connectivity index (χ2v) is 8.48. The van der Waals surface area contributed by atoms with Crippen LogP contribution in [0.1, 0.15) is 47.6 Å². The van der Waals surface area contributed by atoms with Gasteiger partial charge >= 0.3 is 6.18 Å². The zero-order chi connectivity index (χ0) is 25.9. The summed E-state index contributed by atoms with van der Waals surface area (Å²) in [4.78, 5) is 31.2. The number of carbonyl (C=O) groups is 1. The largest absolute Gasteiger partial charge is 0.493 e. The third-order valence-corrected chi connectivity index (χ3v) is 6.61. The first kappa shape index (κ1) is 24.6. The second-order valence-electron chi connectivity index (χ2n) is 8.48. The van der Waals surface area contributed by atoms with Crippen LogP contribution in [0.2, 0.25) is 0 Å². The topological polar surface area (TPSA) is 107 Å². The number of H-pyrrole nitrogens is 1. The van der Waals surface area contributed by atoms with Crippen LogP contribution in [0.4, 0.5) is 22.0 Å². The average Bonchev–Trinajstić information content (AvgIpc) is 3.06. The van der Waals surface area contributed by atoms with Gasteiger partial charge in [0.1, 0.15) is 11.8 Å². The van der Waals surface area contributed by atoms with Crippen molar-refractivity contribution in [2.45, 2.75) is 37.6 Å². The molecule has 0 spiro atoms. The van der Waals surface area contributed by atoms with Crippen molar-refractivity contribution in [1.29, 1.82) is 0 Å². The number of primary amides is 1. The number of nitrogens with zero attached hydrogens (tertiary/aromatic N) is 1. The summed E-state index contributed by atoms with van der Waals surface area (Å²) in [6.45, 7) is 2.12.